The minimum Gasteiger partial charge on any atom is -0.391 e. The van der Waals surface area contributed by atoms with Crippen LogP contribution in [0.25, 0.3) is 0 Å². The molecule has 0 aromatic carbocycles. The molecule has 1 heterocycles. The Bertz CT molecular complexity index is 482. The molecule has 1 aromatic rings. The molecule has 0 spiro atoms. The second-order valence-electron chi connectivity index (χ2n) is 4.61. The van der Waals surface area contributed by atoms with Crippen LogP contribution in [0.2, 0.25) is 0 Å². The molecule has 1 amide bonds. The summed E-state index contributed by atoms with van der Waals surface area (Å²) in [6.07, 6.45) is 1.98. The number of hydrogen-bond acceptors (Lipinski definition) is 5. The quantitative estimate of drug-likeness (QED) is 0.570. The van der Waals surface area contributed by atoms with Gasteiger partial charge in [0, 0.05) is 13.6 Å². The van der Waals surface area contributed by atoms with Crippen molar-refractivity contribution in [3.8, 4) is 0 Å². The monoisotopic (exact) mass is 284 g/mol. The summed E-state index contributed by atoms with van der Waals surface area (Å²) in [6, 6.07) is 0. The minimum absolute atomic E-state index is 0.0630. The molecular formula is C12H20N4O4. The molecule has 0 aliphatic heterocycles. The maximum atomic E-state index is 12.0. The Morgan fingerprint density at radius 2 is 2.15 bits per heavy atom. The third-order valence-corrected chi connectivity index (χ3v) is 3.40. The Balaban J connectivity index is 2.73. The number of aromatic nitrogens is 2. The predicted octanol–water partition coefficient (Wildman–Crippen LogP) is 0.855. The van der Waals surface area contributed by atoms with E-state index in [2.05, 4.69) is 10.4 Å². The van der Waals surface area contributed by atoms with Crippen LogP contribution in [0.4, 0.5) is 5.69 Å². The van der Waals surface area contributed by atoms with Crippen LogP contribution in [0, 0.1) is 16.0 Å². The second kappa shape index (κ2) is 6.99. The van der Waals surface area contributed by atoms with Gasteiger partial charge in [0.05, 0.1) is 11.0 Å². The summed E-state index contributed by atoms with van der Waals surface area (Å²) in [5.74, 6) is -0.515. The van der Waals surface area contributed by atoms with E-state index < -0.39 is 16.9 Å². The number of nitrogens with zero attached hydrogens (tertiary/aromatic N) is 3. The largest absolute Gasteiger partial charge is 0.391 e. The zero-order valence-electron chi connectivity index (χ0n) is 11.9. The molecule has 0 aliphatic rings. The summed E-state index contributed by atoms with van der Waals surface area (Å²) in [5, 5.41) is 27.0. The van der Waals surface area contributed by atoms with Crippen molar-refractivity contribution in [2.24, 2.45) is 13.0 Å². The molecule has 8 nitrogen and oxygen atoms in total. The first-order valence-corrected chi connectivity index (χ1v) is 6.54. The van der Waals surface area contributed by atoms with E-state index in [1.54, 1.807) is 0 Å². The van der Waals surface area contributed by atoms with E-state index in [0.29, 0.717) is 0 Å². The number of hydrogen-bond donors (Lipinski definition) is 2. The summed E-state index contributed by atoms with van der Waals surface area (Å²) in [6.45, 7) is 3.99. The summed E-state index contributed by atoms with van der Waals surface area (Å²) in [4.78, 5) is 22.1. The van der Waals surface area contributed by atoms with Gasteiger partial charge in [0.25, 0.3) is 5.91 Å². The lowest BCUT2D eigenvalue weighted by molar-refractivity contribution is -0.385. The standard InChI is InChI=1S/C12H20N4O4/c1-4-8(5-2)10(17)7-13-12(18)11-9(16(19)20)6-14-15(11)3/h6,8,10,17H,4-5,7H2,1-3H3,(H,13,18). The van der Waals surface area contributed by atoms with Gasteiger partial charge < -0.3 is 10.4 Å². The number of nitro groups is 1. The lowest BCUT2D eigenvalue weighted by Gasteiger charge is -2.20. The van der Waals surface area contributed by atoms with Gasteiger partial charge in [0.15, 0.2) is 0 Å². The van der Waals surface area contributed by atoms with Crippen molar-refractivity contribution in [2.75, 3.05) is 6.54 Å². The van der Waals surface area contributed by atoms with E-state index >= 15 is 0 Å². The van der Waals surface area contributed by atoms with Crippen LogP contribution in [-0.2, 0) is 7.05 Å². The van der Waals surface area contributed by atoms with Crippen molar-refractivity contribution in [1.82, 2.24) is 15.1 Å². The predicted molar refractivity (Wildman–Crippen MR) is 72.3 cm³/mol. The van der Waals surface area contributed by atoms with Crippen molar-refractivity contribution in [3.63, 3.8) is 0 Å². The molecule has 1 unspecified atom stereocenters. The van der Waals surface area contributed by atoms with Gasteiger partial charge in [-0.15, -0.1) is 0 Å². The highest BCUT2D eigenvalue weighted by molar-refractivity contribution is 5.96. The molecule has 20 heavy (non-hydrogen) atoms. The van der Waals surface area contributed by atoms with Gasteiger partial charge in [-0.25, -0.2) is 0 Å². The number of carbonyl (C=O) groups excluding carboxylic acids is 1. The Hall–Kier alpha value is -1.96. The fourth-order valence-electron chi connectivity index (χ4n) is 2.10. The van der Waals surface area contributed by atoms with Crippen LogP contribution in [0.1, 0.15) is 37.2 Å². The molecule has 0 fully saturated rings. The van der Waals surface area contributed by atoms with E-state index in [4.69, 9.17) is 0 Å². The number of aryl methyl sites for hydroxylation is 1. The zero-order chi connectivity index (χ0) is 15.3. The van der Waals surface area contributed by atoms with Crippen LogP contribution in [-0.4, -0.2) is 38.4 Å². The highest BCUT2D eigenvalue weighted by atomic mass is 16.6. The molecule has 0 saturated carbocycles. The lowest BCUT2D eigenvalue weighted by atomic mass is 9.96. The number of rotatable bonds is 7. The number of nitrogens with one attached hydrogen (secondary N) is 1. The van der Waals surface area contributed by atoms with Gasteiger partial charge in [0.1, 0.15) is 6.20 Å². The Labute approximate surface area is 116 Å². The molecule has 0 radical (unpaired) electrons. The van der Waals surface area contributed by atoms with Gasteiger partial charge in [0.2, 0.25) is 5.69 Å². The molecular weight excluding hydrogens is 264 g/mol. The summed E-state index contributed by atoms with van der Waals surface area (Å²) >= 11 is 0. The third-order valence-electron chi connectivity index (χ3n) is 3.40. The van der Waals surface area contributed by atoms with Crippen LogP contribution >= 0.6 is 0 Å². The molecule has 8 heteroatoms. The van der Waals surface area contributed by atoms with E-state index in [1.165, 1.54) is 7.05 Å². The highest BCUT2D eigenvalue weighted by Gasteiger charge is 2.26. The van der Waals surface area contributed by atoms with Crippen LogP contribution in [0.3, 0.4) is 0 Å². The fraction of sp³-hybridized carbons (Fsp3) is 0.667. The smallest absolute Gasteiger partial charge is 0.320 e. The van der Waals surface area contributed by atoms with Crippen LogP contribution < -0.4 is 5.32 Å². The number of aliphatic hydroxyl groups excluding tert-OH is 1. The van der Waals surface area contributed by atoms with Crippen LogP contribution in [0.15, 0.2) is 6.20 Å². The highest BCUT2D eigenvalue weighted by Crippen LogP contribution is 2.17. The molecule has 0 saturated heterocycles. The van der Waals surface area contributed by atoms with E-state index in [1.807, 2.05) is 13.8 Å². The SMILES string of the molecule is CCC(CC)C(O)CNC(=O)c1c([N+](=O)[O-])cnn1C. The van der Waals surface area contributed by atoms with Crippen molar-refractivity contribution in [3.05, 3.63) is 22.0 Å². The molecule has 0 aliphatic carbocycles. The Morgan fingerprint density at radius 1 is 1.55 bits per heavy atom. The average Bonchev–Trinajstić information content (AvgIpc) is 2.79. The van der Waals surface area contributed by atoms with E-state index in [0.717, 1.165) is 23.7 Å². The summed E-state index contributed by atoms with van der Waals surface area (Å²) in [7, 11) is 1.46. The molecule has 2 N–H and O–H groups in total. The topological polar surface area (TPSA) is 110 Å². The molecule has 0 bridgehead atoms. The molecule has 1 rings (SSSR count). The molecule has 1 atom stereocenters. The first-order chi connectivity index (χ1) is 9.42. The Morgan fingerprint density at radius 3 is 2.65 bits per heavy atom. The number of amides is 1. The number of carbonyl (C=O) groups is 1. The fourth-order valence-corrected chi connectivity index (χ4v) is 2.10. The van der Waals surface area contributed by atoms with Crippen molar-refractivity contribution in [1.29, 1.82) is 0 Å². The zero-order valence-corrected chi connectivity index (χ0v) is 11.9. The van der Waals surface area contributed by atoms with Gasteiger partial charge in [-0.3, -0.25) is 19.6 Å². The second-order valence-corrected chi connectivity index (χ2v) is 4.61. The van der Waals surface area contributed by atoms with Gasteiger partial charge in [-0.2, -0.15) is 5.10 Å². The number of aliphatic hydroxyl groups is 1. The first kappa shape index (κ1) is 16.1. The van der Waals surface area contributed by atoms with E-state index in [9.17, 15) is 20.0 Å². The third kappa shape index (κ3) is 3.53. The lowest BCUT2D eigenvalue weighted by Crippen LogP contribution is -2.37. The van der Waals surface area contributed by atoms with E-state index in [-0.39, 0.29) is 23.8 Å². The average molecular weight is 284 g/mol. The maximum absolute atomic E-state index is 12.0. The summed E-state index contributed by atoms with van der Waals surface area (Å²) in [5.41, 5.74) is -0.464. The van der Waals surface area contributed by atoms with Gasteiger partial charge in [-0.05, 0) is 5.92 Å². The van der Waals surface area contributed by atoms with Crippen molar-refractivity contribution in [2.45, 2.75) is 32.8 Å². The normalized spacial score (nSPS) is 12.4. The van der Waals surface area contributed by atoms with Crippen molar-refractivity contribution < 1.29 is 14.8 Å². The first-order valence-electron chi connectivity index (χ1n) is 6.54. The molecule has 112 valence electrons. The van der Waals surface area contributed by atoms with Gasteiger partial charge in [-0.1, -0.05) is 26.7 Å². The molecule has 1 aromatic heterocycles. The Kier molecular flexibility index (Phi) is 5.63. The minimum atomic E-state index is -0.666. The maximum Gasteiger partial charge on any atom is 0.320 e. The van der Waals surface area contributed by atoms with Crippen LogP contribution in [0.5, 0.6) is 0 Å². The summed E-state index contributed by atoms with van der Waals surface area (Å²) < 4.78 is 1.15. The van der Waals surface area contributed by atoms with Crippen molar-refractivity contribution >= 4 is 11.6 Å². The van der Waals surface area contributed by atoms with Gasteiger partial charge >= 0.3 is 5.69 Å².